The van der Waals surface area contributed by atoms with Gasteiger partial charge < -0.3 is 5.73 Å². The molecule has 0 fully saturated rings. The van der Waals surface area contributed by atoms with Crippen molar-refractivity contribution >= 4 is 0 Å². The molecule has 1 aliphatic rings. The Bertz CT molecular complexity index is 169. The van der Waals surface area contributed by atoms with Gasteiger partial charge in [0.25, 0.3) is 0 Å². The van der Waals surface area contributed by atoms with Crippen molar-refractivity contribution in [2.75, 3.05) is 6.54 Å². The van der Waals surface area contributed by atoms with Gasteiger partial charge in [-0.25, -0.2) is 5.84 Å². The van der Waals surface area contributed by atoms with Crippen LogP contribution in [0.3, 0.4) is 0 Å². The van der Waals surface area contributed by atoms with Crippen LogP contribution in [0.5, 0.6) is 0 Å². The number of rotatable bonds is 0. The largest absolute Gasteiger partial charge is 0.384 e. The maximum Gasteiger partial charge on any atom is 0.116 e. The number of nitrogens with two attached hydrogens (primary N) is 2. The van der Waals surface area contributed by atoms with Gasteiger partial charge in [0.2, 0.25) is 0 Å². The van der Waals surface area contributed by atoms with Crippen molar-refractivity contribution in [3.05, 3.63) is 23.5 Å². The van der Waals surface area contributed by atoms with Crippen molar-refractivity contribution in [2.45, 2.75) is 6.92 Å². The first-order chi connectivity index (χ1) is 4.22. The fourth-order valence-electron chi connectivity index (χ4n) is 0.753. The normalized spacial score (nSPS) is 19.1. The maximum atomic E-state index is 5.55. The number of hydrogen-bond donors (Lipinski definition) is 2. The molecule has 0 aliphatic carbocycles. The van der Waals surface area contributed by atoms with Gasteiger partial charge in [-0.3, -0.25) is 5.01 Å². The molecule has 9 heavy (non-hydrogen) atoms. The summed E-state index contributed by atoms with van der Waals surface area (Å²) in [6.45, 7) is 2.65. The lowest BCUT2D eigenvalue weighted by molar-refractivity contribution is 0.385. The van der Waals surface area contributed by atoms with Crippen LogP contribution in [0.25, 0.3) is 0 Å². The van der Waals surface area contributed by atoms with Crippen molar-refractivity contribution in [2.24, 2.45) is 11.6 Å². The van der Waals surface area contributed by atoms with Gasteiger partial charge >= 0.3 is 0 Å². The SMILES string of the molecule is CC1=C(N)N(N)CC=C1. The number of allylic oxidation sites excluding steroid dienone is 2. The molecule has 50 valence electrons. The number of hydrogen-bond acceptors (Lipinski definition) is 3. The minimum atomic E-state index is 0.664. The molecule has 0 aromatic rings. The Balaban J connectivity index is 2.83. The van der Waals surface area contributed by atoms with Gasteiger partial charge in [-0.15, -0.1) is 0 Å². The summed E-state index contributed by atoms with van der Waals surface area (Å²) in [5, 5.41) is 1.52. The highest BCUT2D eigenvalue weighted by molar-refractivity contribution is 5.24. The van der Waals surface area contributed by atoms with Gasteiger partial charge in [-0.1, -0.05) is 12.2 Å². The molecular weight excluding hydrogens is 114 g/mol. The molecule has 3 heteroatoms. The molecular formula is C6H11N3. The van der Waals surface area contributed by atoms with Crippen molar-refractivity contribution in [3.8, 4) is 0 Å². The Kier molecular flexibility index (Phi) is 1.44. The third kappa shape index (κ3) is 1.05. The van der Waals surface area contributed by atoms with Crippen LogP contribution < -0.4 is 11.6 Å². The van der Waals surface area contributed by atoms with E-state index in [-0.39, 0.29) is 0 Å². The summed E-state index contributed by atoms with van der Waals surface area (Å²) in [7, 11) is 0. The summed E-state index contributed by atoms with van der Waals surface area (Å²) >= 11 is 0. The molecule has 0 saturated carbocycles. The zero-order chi connectivity index (χ0) is 6.85. The molecule has 0 bridgehead atoms. The summed E-state index contributed by atoms with van der Waals surface area (Å²) in [5.41, 5.74) is 6.58. The van der Waals surface area contributed by atoms with Crippen LogP contribution in [0.15, 0.2) is 23.5 Å². The molecule has 0 spiro atoms. The van der Waals surface area contributed by atoms with E-state index >= 15 is 0 Å². The van der Waals surface area contributed by atoms with Crippen molar-refractivity contribution in [3.63, 3.8) is 0 Å². The Morgan fingerprint density at radius 3 is 2.78 bits per heavy atom. The van der Waals surface area contributed by atoms with E-state index in [1.807, 2.05) is 19.1 Å². The molecule has 0 aromatic heterocycles. The third-order valence-corrected chi connectivity index (χ3v) is 1.38. The van der Waals surface area contributed by atoms with Crippen LogP contribution in [0.4, 0.5) is 0 Å². The Hall–Kier alpha value is -0.960. The lowest BCUT2D eigenvalue weighted by Gasteiger charge is -2.21. The van der Waals surface area contributed by atoms with E-state index in [1.54, 1.807) is 0 Å². The van der Waals surface area contributed by atoms with E-state index in [2.05, 4.69) is 0 Å². The highest BCUT2D eigenvalue weighted by Crippen LogP contribution is 2.06. The lowest BCUT2D eigenvalue weighted by atomic mass is 10.2. The average Bonchev–Trinajstić information content (AvgIpc) is 1.83. The van der Waals surface area contributed by atoms with E-state index in [0.717, 1.165) is 5.57 Å². The van der Waals surface area contributed by atoms with Crippen LogP contribution in [-0.4, -0.2) is 11.6 Å². The van der Waals surface area contributed by atoms with E-state index in [0.29, 0.717) is 12.4 Å². The first-order valence-corrected chi connectivity index (χ1v) is 2.87. The average molecular weight is 125 g/mol. The Labute approximate surface area is 54.6 Å². The second kappa shape index (κ2) is 2.11. The summed E-state index contributed by atoms with van der Waals surface area (Å²) in [4.78, 5) is 0. The highest BCUT2D eigenvalue weighted by Gasteiger charge is 2.04. The maximum absolute atomic E-state index is 5.55. The minimum Gasteiger partial charge on any atom is -0.384 e. The predicted octanol–water partition coefficient (Wildman–Crippen LogP) is -0.0779. The van der Waals surface area contributed by atoms with Crippen LogP contribution in [-0.2, 0) is 0 Å². The molecule has 1 aliphatic heterocycles. The quantitative estimate of drug-likeness (QED) is 0.445. The predicted molar refractivity (Wildman–Crippen MR) is 36.9 cm³/mol. The minimum absolute atomic E-state index is 0.664. The van der Waals surface area contributed by atoms with E-state index < -0.39 is 0 Å². The zero-order valence-electron chi connectivity index (χ0n) is 5.46. The molecule has 3 nitrogen and oxygen atoms in total. The molecule has 1 rings (SSSR count). The lowest BCUT2D eigenvalue weighted by Crippen LogP contribution is -2.36. The Morgan fingerprint density at radius 2 is 2.33 bits per heavy atom. The van der Waals surface area contributed by atoms with E-state index in [9.17, 15) is 0 Å². The molecule has 0 unspecified atom stereocenters. The summed E-state index contributed by atoms with van der Waals surface area (Å²) in [6, 6.07) is 0. The first kappa shape index (κ1) is 6.16. The van der Waals surface area contributed by atoms with Crippen LogP contribution in [0.2, 0.25) is 0 Å². The molecule has 0 amide bonds. The molecule has 0 atom stereocenters. The van der Waals surface area contributed by atoms with Crippen LogP contribution in [0.1, 0.15) is 6.92 Å². The van der Waals surface area contributed by atoms with Gasteiger partial charge in [-0.2, -0.15) is 0 Å². The van der Waals surface area contributed by atoms with Gasteiger partial charge in [0.1, 0.15) is 5.82 Å². The van der Waals surface area contributed by atoms with Crippen molar-refractivity contribution in [1.29, 1.82) is 0 Å². The highest BCUT2D eigenvalue weighted by atomic mass is 15.4. The summed E-state index contributed by atoms with van der Waals surface area (Å²) in [6.07, 6.45) is 3.95. The smallest absolute Gasteiger partial charge is 0.116 e. The fourth-order valence-corrected chi connectivity index (χ4v) is 0.753. The van der Waals surface area contributed by atoms with Gasteiger partial charge in [0.15, 0.2) is 0 Å². The standard InChI is InChI=1S/C6H11N3/c1-5-3-2-4-9(8)6(5)7/h2-3H,4,7-8H2,1H3. The zero-order valence-corrected chi connectivity index (χ0v) is 5.46. The fraction of sp³-hybridized carbons (Fsp3) is 0.333. The molecule has 0 aromatic carbocycles. The van der Waals surface area contributed by atoms with Crippen LogP contribution >= 0.6 is 0 Å². The second-order valence-corrected chi connectivity index (χ2v) is 2.12. The molecule has 1 heterocycles. The van der Waals surface area contributed by atoms with Gasteiger partial charge in [0, 0.05) is 0 Å². The molecule has 0 saturated heterocycles. The van der Waals surface area contributed by atoms with E-state index in [4.69, 9.17) is 11.6 Å². The Morgan fingerprint density at radius 1 is 1.67 bits per heavy atom. The van der Waals surface area contributed by atoms with Crippen molar-refractivity contribution in [1.82, 2.24) is 5.01 Å². The number of nitrogens with zero attached hydrogens (tertiary/aromatic N) is 1. The molecule has 0 radical (unpaired) electrons. The first-order valence-electron chi connectivity index (χ1n) is 2.87. The van der Waals surface area contributed by atoms with Crippen molar-refractivity contribution < 1.29 is 0 Å². The topological polar surface area (TPSA) is 55.3 Å². The summed E-state index contributed by atoms with van der Waals surface area (Å²) < 4.78 is 0. The second-order valence-electron chi connectivity index (χ2n) is 2.12. The van der Waals surface area contributed by atoms with Gasteiger partial charge in [-0.05, 0) is 12.5 Å². The summed E-state index contributed by atoms with van der Waals surface area (Å²) in [5.74, 6) is 6.13. The molecule has 4 N–H and O–H groups in total. The van der Waals surface area contributed by atoms with Crippen LogP contribution in [0, 0.1) is 0 Å². The number of hydrazine groups is 1. The third-order valence-electron chi connectivity index (χ3n) is 1.38. The van der Waals surface area contributed by atoms with Gasteiger partial charge in [0.05, 0.1) is 6.54 Å². The monoisotopic (exact) mass is 125 g/mol. The van der Waals surface area contributed by atoms with E-state index in [1.165, 1.54) is 5.01 Å².